The Hall–Kier alpha value is -1.95. The zero-order valence-electron chi connectivity index (χ0n) is 13.2. The summed E-state index contributed by atoms with van der Waals surface area (Å²) in [6.45, 7) is 4.83. The van der Waals surface area contributed by atoms with Gasteiger partial charge in [0, 0.05) is 19.3 Å². The van der Waals surface area contributed by atoms with Crippen LogP contribution in [0.25, 0.3) is 0 Å². The second kappa shape index (κ2) is 7.08. The Morgan fingerprint density at radius 1 is 1.39 bits per heavy atom. The summed E-state index contributed by atoms with van der Waals surface area (Å²) in [7, 11) is 0. The monoisotopic (exact) mass is 332 g/mol. The highest BCUT2D eigenvalue weighted by atomic mass is 32.1. The molecule has 0 unspecified atom stereocenters. The molecule has 0 spiro atoms. The Morgan fingerprint density at radius 3 is 2.91 bits per heavy atom. The topological polar surface area (TPSA) is 33.1 Å². The molecule has 2 aromatic rings. The van der Waals surface area contributed by atoms with Crippen LogP contribution in [0.5, 0.6) is 0 Å². The van der Waals surface area contributed by atoms with E-state index in [1.165, 1.54) is 25.0 Å². The largest absolute Gasteiger partial charge is 0.349 e. The van der Waals surface area contributed by atoms with Crippen LogP contribution in [0.1, 0.15) is 25.3 Å². The molecule has 1 N–H and O–H groups in total. The van der Waals surface area contributed by atoms with Crippen LogP contribution >= 0.6 is 12.2 Å². The van der Waals surface area contributed by atoms with Crippen LogP contribution in [0, 0.1) is 11.7 Å². The van der Waals surface area contributed by atoms with E-state index in [1.807, 2.05) is 12.3 Å². The van der Waals surface area contributed by atoms with Crippen LogP contribution < -0.4 is 5.32 Å². The van der Waals surface area contributed by atoms with E-state index in [4.69, 9.17) is 12.2 Å². The third-order valence-corrected chi connectivity index (χ3v) is 4.55. The number of aromatic nitrogens is 2. The first-order valence-electron chi connectivity index (χ1n) is 7.93. The van der Waals surface area contributed by atoms with Gasteiger partial charge in [0.25, 0.3) is 0 Å². The molecule has 1 aliphatic heterocycles. The van der Waals surface area contributed by atoms with Gasteiger partial charge in [-0.25, -0.2) is 4.39 Å². The van der Waals surface area contributed by atoms with Gasteiger partial charge in [-0.05, 0) is 48.7 Å². The van der Waals surface area contributed by atoms with Crippen molar-refractivity contribution in [2.75, 3.05) is 18.4 Å². The Balaban J connectivity index is 1.57. The number of piperidine rings is 1. The first-order chi connectivity index (χ1) is 11.1. The second-order valence-corrected chi connectivity index (χ2v) is 6.54. The maximum Gasteiger partial charge on any atom is 0.173 e. The second-order valence-electron chi connectivity index (χ2n) is 6.16. The maximum absolute atomic E-state index is 13.2. The molecule has 1 aromatic heterocycles. The molecule has 1 fully saturated rings. The highest BCUT2D eigenvalue weighted by Gasteiger charge is 2.18. The van der Waals surface area contributed by atoms with Crippen molar-refractivity contribution < 1.29 is 4.39 Å². The van der Waals surface area contributed by atoms with Gasteiger partial charge in [-0.3, -0.25) is 4.68 Å². The summed E-state index contributed by atoms with van der Waals surface area (Å²) in [4.78, 5) is 2.21. The minimum Gasteiger partial charge on any atom is -0.349 e. The fourth-order valence-electron chi connectivity index (χ4n) is 2.75. The molecule has 0 saturated carbocycles. The third-order valence-electron chi connectivity index (χ3n) is 4.19. The smallest absolute Gasteiger partial charge is 0.173 e. The molecule has 0 radical (unpaired) electrons. The van der Waals surface area contributed by atoms with Crippen molar-refractivity contribution in [3.8, 4) is 0 Å². The highest BCUT2D eigenvalue weighted by molar-refractivity contribution is 7.80. The van der Waals surface area contributed by atoms with Crippen molar-refractivity contribution >= 4 is 23.0 Å². The summed E-state index contributed by atoms with van der Waals surface area (Å²) in [6.07, 6.45) is 6.00. The van der Waals surface area contributed by atoms with Gasteiger partial charge >= 0.3 is 0 Å². The van der Waals surface area contributed by atoms with Gasteiger partial charge in [0.05, 0.1) is 18.4 Å². The molecule has 1 aliphatic rings. The van der Waals surface area contributed by atoms with Gasteiger partial charge in [-0.2, -0.15) is 5.10 Å². The summed E-state index contributed by atoms with van der Waals surface area (Å²) >= 11 is 5.48. The Kier molecular flexibility index (Phi) is 4.91. The van der Waals surface area contributed by atoms with Crippen molar-refractivity contribution in [1.82, 2.24) is 14.7 Å². The predicted octanol–water partition coefficient (Wildman–Crippen LogP) is 3.50. The number of benzene rings is 1. The molecular weight excluding hydrogens is 311 g/mol. The number of thiocarbonyl (C=S) groups is 1. The number of halogens is 1. The van der Waals surface area contributed by atoms with Crippen LogP contribution in [0.3, 0.4) is 0 Å². The minimum absolute atomic E-state index is 0.228. The molecule has 0 atom stereocenters. The van der Waals surface area contributed by atoms with E-state index in [0.29, 0.717) is 6.54 Å². The summed E-state index contributed by atoms with van der Waals surface area (Å²) in [5, 5.41) is 8.30. The number of rotatable bonds is 3. The molecule has 6 heteroatoms. The lowest BCUT2D eigenvalue weighted by atomic mass is 10.00. The quantitative estimate of drug-likeness (QED) is 0.872. The number of nitrogens with one attached hydrogen (secondary N) is 1. The fourth-order valence-corrected chi connectivity index (χ4v) is 3.05. The molecule has 2 heterocycles. The van der Waals surface area contributed by atoms with E-state index < -0.39 is 0 Å². The minimum atomic E-state index is -0.228. The van der Waals surface area contributed by atoms with Crippen molar-refractivity contribution in [3.05, 3.63) is 48.0 Å². The number of nitrogens with zero attached hydrogens (tertiary/aromatic N) is 3. The molecule has 1 aromatic carbocycles. The molecule has 23 heavy (non-hydrogen) atoms. The zero-order valence-corrected chi connectivity index (χ0v) is 14.0. The standard InChI is InChI=1S/C17H21FN4S/c1-13-5-7-21(8-6-13)17(23)20-16-10-19-22(12-16)11-14-3-2-4-15(18)9-14/h2-4,9-10,12-13H,5-8,11H2,1H3,(H,20,23). The molecular formula is C17H21FN4S. The van der Waals surface area contributed by atoms with Gasteiger partial charge < -0.3 is 10.2 Å². The van der Waals surface area contributed by atoms with Gasteiger partial charge in [0.1, 0.15) is 5.82 Å². The molecule has 122 valence electrons. The number of anilines is 1. The Labute approximate surface area is 141 Å². The van der Waals surface area contributed by atoms with E-state index in [1.54, 1.807) is 16.9 Å². The molecule has 1 saturated heterocycles. The van der Waals surface area contributed by atoms with E-state index in [9.17, 15) is 4.39 Å². The average molecular weight is 332 g/mol. The Morgan fingerprint density at radius 2 is 2.17 bits per heavy atom. The van der Waals surface area contributed by atoms with Crippen molar-refractivity contribution in [1.29, 1.82) is 0 Å². The Bertz CT molecular complexity index is 677. The third kappa shape index (κ3) is 4.28. The lowest BCUT2D eigenvalue weighted by Crippen LogP contribution is -2.40. The van der Waals surface area contributed by atoms with Gasteiger partial charge in [-0.1, -0.05) is 19.1 Å². The van der Waals surface area contributed by atoms with Gasteiger partial charge in [-0.15, -0.1) is 0 Å². The molecule has 0 aliphatic carbocycles. The molecule has 0 amide bonds. The first-order valence-corrected chi connectivity index (χ1v) is 8.34. The SMILES string of the molecule is CC1CCN(C(=S)Nc2cnn(Cc3cccc(F)c3)c2)CC1. The van der Waals surface area contributed by atoms with Crippen LogP contribution in [-0.2, 0) is 6.54 Å². The predicted molar refractivity (Wildman–Crippen MR) is 93.9 cm³/mol. The van der Waals surface area contributed by atoms with Gasteiger partial charge in [0.15, 0.2) is 5.11 Å². The molecule has 3 rings (SSSR count). The highest BCUT2D eigenvalue weighted by Crippen LogP contribution is 2.17. The normalized spacial score (nSPS) is 15.7. The summed E-state index contributed by atoms with van der Waals surface area (Å²) in [5.41, 5.74) is 1.75. The van der Waals surface area contributed by atoms with Gasteiger partial charge in [0.2, 0.25) is 0 Å². The fraction of sp³-hybridized carbons (Fsp3) is 0.412. The average Bonchev–Trinajstić information content (AvgIpc) is 2.95. The van der Waals surface area contributed by atoms with E-state index in [-0.39, 0.29) is 5.82 Å². The summed E-state index contributed by atoms with van der Waals surface area (Å²) in [6, 6.07) is 6.56. The summed E-state index contributed by atoms with van der Waals surface area (Å²) < 4.78 is 15.0. The van der Waals surface area contributed by atoms with E-state index in [2.05, 4.69) is 22.2 Å². The van der Waals surface area contributed by atoms with Crippen molar-refractivity contribution in [3.63, 3.8) is 0 Å². The van der Waals surface area contributed by atoms with Crippen molar-refractivity contribution in [2.45, 2.75) is 26.3 Å². The maximum atomic E-state index is 13.2. The van der Waals surface area contributed by atoms with Crippen molar-refractivity contribution in [2.24, 2.45) is 5.92 Å². The molecule has 4 nitrogen and oxygen atoms in total. The first kappa shape index (κ1) is 15.9. The number of hydrogen-bond donors (Lipinski definition) is 1. The van der Waals surface area contributed by atoms with Crippen LogP contribution in [-0.4, -0.2) is 32.9 Å². The number of hydrogen-bond acceptors (Lipinski definition) is 2. The summed E-state index contributed by atoms with van der Waals surface area (Å²) in [5.74, 6) is 0.552. The van der Waals surface area contributed by atoms with Crippen LogP contribution in [0.2, 0.25) is 0 Å². The lowest BCUT2D eigenvalue weighted by molar-refractivity contribution is 0.283. The number of likely N-dealkylation sites (tertiary alicyclic amines) is 1. The van der Waals surface area contributed by atoms with Crippen LogP contribution in [0.4, 0.5) is 10.1 Å². The van der Waals surface area contributed by atoms with E-state index in [0.717, 1.165) is 35.4 Å². The van der Waals surface area contributed by atoms with Crippen LogP contribution in [0.15, 0.2) is 36.7 Å². The lowest BCUT2D eigenvalue weighted by Gasteiger charge is -2.32. The molecule has 0 bridgehead atoms. The zero-order chi connectivity index (χ0) is 16.2. The van der Waals surface area contributed by atoms with E-state index >= 15 is 0 Å².